The highest BCUT2D eigenvalue weighted by Gasteiger charge is 2.34. The summed E-state index contributed by atoms with van der Waals surface area (Å²) in [5.41, 5.74) is -0.0209. The second-order valence-electron chi connectivity index (χ2n) is 3.37. The van der Waals surface area contributed by atoms with Gasteiger partial charge in [0.2, 0.25) is 10.0 Å². The first-order chi connectivity index (χ1) is 8.16. The van der Waals surface area contributed by atoms with Crippen LogP contribution in [0.5, 0.6) is 0 Å². The number of alkyl halides is 3. The summed E-state index contributed by atoms with van der Waals surface area (Å²) in [5.74, 6) is 0. The van der Waals surface area contributed by atoms with Crippen LogP contribution < -0.4 is 0 Å². The van der Waals surface area contributed by atoms with Gasteiger partial charge in [0, 0.05) is 13.2 Å². The maximum atomic E-state index is 12.1. The van der Waals surface area contributed by atoms with Gasteiger partial charge in [-0.15, -0.1) is 0 Å². The Balaban J connectivity index is 3.02. The van der Waals surface area contributed by atoms with Crippen LogP contribution in [-0.4, -0.2) is 37.5 Å². The summed E-state index contributed by atoms with van der Waals surface area (Å²) in [7, 11) is -3.44. The highest BCUT2D eigenvalue weighted by molar-refractivity contribution is 7.89. The fourth-order valence-corrected chi connectivity index (χ4v) is 2.22. The molecular weight excluding hydrogens is 271 g/mol. The van der Waals surface area contributed by atoms with E-state index in [0.717, 1.165) is 25.4 Å². The summed E-state index contributed by atoms with van der Waals surface area (Å²) in [6.07, 6.45) is -3.78. The van der Waals surface area contributed by atoms with Gasteiger partial charge in [-0.3, -0.25) is 0 Å². The van der Waals surface area contributed by atoms with Crippen molar-refractivity contribution in [1.29, 1.82) is 5.26 Å². The third-order valence-electron chi connectivity index (χ3n) is 1.96. The van der Waals surface area contributed by atoms with E-state index in [4.69, 9.17) is 5.26 Å². The monoisotopic (exact) mass is 279 g/mol. The number of rotatable bonds is 3. The molecule has 0 aromatic carbocycles. The standard InChI is InChI=1S/C9H8F3N3O2S/c1-15(6-9(10,11)12)18(16,17)8-3-2-7(4-13)14-5-8/h2-3,5H,6H2,1H3. The van der Waals surface area contributed by atoms with E-state index < -0.39 is 27.6 Å². The molecule has 0 atom stereocenters. The molecule has 0 radical (unpaired) electrons. The SMILES string of the molecule is CN(CC(F)(F)F)S(=O)(=O)c1ccc(C#N)nc1. The Morgan fingerprint density at radius 2 is 2.06 bits per heavy atom. The molecule has 1 aromatic heterocycles. The number of nitrogens with zero attached hydrogens (tertiary/aromatic N) is 3. The zero-order valence-corrected chi connectivity index (χ0v) is 9.96. The molecule has 98 valence electrons. The number of hydrogen-bond donors (Lipinski definition) is 0. The fourth-order valence-electron chi connectivity index (χ4n) is 1.12. The second kappa shape index (κ2) is 4.91. The molecule has 0 aliphatic heterocycles. The number of aromatic nitrogens is 1. The van der Waals surface area contributed by atoms with Crippen molar-refractivity contribution in [2.45, 2.75) is 11.1 Å². The Morgan fingerprint density at radius 1 is 1.44 bits per heavy atom. The molecule has 0 saturated carbocycles. The minimum Gasteiger partial charge on any atom is -0.244 e. The number of sulfonamides is 1. The van der Waals surface area contributed by atoms with E-state index in [1.54, 1.807) is 6.07 Å². The minimum atomic E-state index is -4.62. The zero-order valence-electron chi connectivity index (χ0n) is 9.14. The molecule has 0 saturated heterocycles. The molecule has 9 heteroatoms. The number of pyridine rings is 1. The lowest BCUT2D eigenvalue weighted by Crippen LogP contribution is -2.35. The highest BCUT2D eigenvalue weighted by atomic mass is 32.2. The Hall–Kier alpha value is -1.66. The molecule has 1 rings (SSSR count). The van der Waals surface area contributed by atoms with Crippen LogP contribution in [0.15, 0.2) is 23.2 Å². The van der Waals surface area contributed by atoms with Crippen LogP contribution in [0.1, 0.15) is 5.69 Å². The lowest BCUT2D eigenvalue weighted by atomic mass is 10.4. The van der Waals surface area contributed by atoms with Gasteiger partial charge in [-0.25, -0.2) is 13.4 Å². The van der Waals surface area contributed by atoms with E-state index in [-0.39, 0.29) is 10.00 Å². The average Bonchev–Trinajstić information content (AvgIpc) is 2.27. The first-order valence-corrected chi connectivity index (χ1v) is 6.00. The smallest absolute Gasteiger partial charge is 0.244 e. The molecular formula is C9H8F3N3O2S. The van der Waals surface area contributed by atoms with Crippen LogP contribution in [0.4, 0.5) is 13.2 Å². The number of hydrogen-bond acceptors (Lipinski definition) is 4. The lowest BCUT2D eigenvalue weighted by molar-refractivity contribution is -0.134. The molecule has 0 fully saturated rings. The molecule has 0 bridgehead atoms. The van der Waals surface area contributed by atoms with E-state index in [0.29, 0.717) is 0 Å². The lowest BCUT2D eigenvalue weighted by Gasteiger charge is -2.18. The van der Waals surface area contributed by atoms with Crippen molar-refractivity contribution in [1.82, 2.24) is 9.29 Å². The predicted molar refractivity (Wildman–Crippen MR) is 54.8 cm³/mol. The Labute approximate surface area is 102 Å². The highest BCUT2D eigenvalue weighted by Crippen LogP contribution is 2.20. The van der Waals surface area contributed by atoms with Crippen LogP contribution in [0.25, 0.3) is 0 Å². The summed E-state index contributed by atoms with van der Waals surface area (Å²) in [6.45, 7) is -1.59. The van der Waals surface area contributed by atoms with Gasteiger partial charge in [0.15, 0.2) is 0 Å². The van der Waals surface area contributed by atoms with Crippen molar-refractivity contribution in [3.8, 4) is 6.07 Å². The van der Waals surface area contributed by atoms with Crippen LogP contribution in [0.2, 0.25) is 0 Å². The van der Waals surface area contributed by atoms with Gasteiger partial charge in [0.05, 0.1) is 0 Å². The molecule has 0 aliphatic carbocycles. The Bertz CT molecular complexity index is 560. The van der Waals surface area contributed by atoms with Gasteiger partial charge in [0.1, 0.15) is 23.2 Å². The van der Waals surface area contributed by atoms with Gasteiger partial charge >= 0.3 is 6.18 Å². The summed E-state index contributed by atoms with van der Waals surface area (Å²) >= 11 is 0. The third kappa shape index (κ3) is 3.41. The molecule has 0 spiro atoms. The van der Waals surface area contributed by atoms with E-state index in [9.17, 15) is 21.6 Å². The summed E-state index contributed by atoms with van der Waals surface area (Å²) in [6, 6.07) is 3.83. The summed E-state index contributed by atoms with van der Waals surface area (Å²) in [5, 5.41) is 8.47. The topological polar surface area (TPSA) is 74.1 Å². The third-order valence-corrected chi connectivity index (χ3v) is 3.75. The van der Waals surface area contributed by atoms with Gasteiger partial charge in [0.25, 0.3) is 0 Å². The van der Waals surface area contributed by atoms with Crippen LogP contribution in [0.3, 0.4) is 0 Å². The molecule has 0 amide bonds. The molecule has 0 unspecified atom stereocenters. The van der Waals surface area contributed by atoms with E-state index in [2.05, 4.69) is 4.98 Å². The summed E-state index contributed by atoms with van der Waals surface area (Å²) < 4.78 is 59.9. The fraction of sp³-hybridized carbons (Fsp3) is 0.333. The Morgan fingerprint density at radius 3 is 2.44 bits per heavy atom. The van der Waals surface area contributed by atoms with Crippen LogP contribution >= 0.6 is 0 Å². The Kier molecular flexibility index (Phi) is 3.93. The largest absolute Gasteiger partial charge is 0.402 e. The van der Waals surface area contributed by atoms with Crippen molar-refractivity contribution in [2.75, 3.05) is 13.6 Å². The minimum absolute atomic E-state index is 0.0209. The van der Waals surface area contributed by atoms with E-state index in [1.807, 2.05) is 0 Å². The maximum Gasteiger partial charge on any atom is 0.402 e. The van der Waals surface area contributed by atoms with Gasteiger partial charge in [-0.05, 0) is 12.1 Å². The van der Waals surface area contributed by atoms with Crippen molar-refractivity contribution in [3.05, 3.63) is 24.0 Å². The van der Waals surface area contributed by atoms with Gasteiger partial charge in [-0.1, -0.05) is 0 Å². The molecule has 1 aromatic rings. The average molecular weight is 279 g/mol. The van der Waals surface area contributed by atoms with Crippen LogP contribution in [0, 0.1) is 11.3 Å². The van der Waals surface area contributed by atoms with Gasteiger partial charge < -0.3 is 0 Å². The molecule has 1 heterocycles. The first kappa shape index (κ1) is 14.4. The van der Waals surface area contributed by atoms with Gasteiger partial charge in [-0.2, -0.15) is 22.7 Å². The van der Waals surface area contributed by atoms with E-state index in [1.165, 1.54) is 0 Å². The normalized spacial score (nSPS) is 12.4. The van der Waals surface area contributed by atoms with Crippen molar-refractivity contribution >= 4 is 10.0 Å². The summed E-state index contributed by atoms with van der Waals surface area (Å²) in [4.78, 5) is 3.10. The molecule has 5 nitrogen and oxygen atoms in total. The molecule has 18 heavy (non-hydrogen) atoms. The van der Waals surface area contributed by atoms with Crippen LogP contribution in [-0.2, 0) is 10.0 Å². The molecule has 0 aliphatic rings. The number of nitriles is 1. The van der Waals surface area contributed by atoms with E-state index >= 15 is 0 Å². The first-order valence-electron chi connectivity index (χ1n) is 4.56. The molecule has 0 N–H and O–H groups in total. The van der Waals surface area contributed by atoms with Crippen molar-refractivity contribution < 1.29 is 21.6 Å². The predicted octanol–water partition coefficient (Wildman–Crippen LogP) is 1.14. The zero-order chi connectivity index (χ0) is 14.0. The van der Waals surface area contributed by atoms with Crippen molar-refractivity contribution in [2.24, 2.45) is 0 Å². The quantitative estimate of drug-likeness (QED) is 0.831. The maximum absolute atomic E-state index is 12.1. The number of halogens is 3. The van der Waals surface area contributed by atoms with Crippen molar-refractivity contribution in [3.63, 3.8) is 0 Å². The second-order valence-corrected chi connectivity index (χ2v) is 5.41.